The highest BCUT2D eigenvalue weighted by Gasteiger charge is 2.61. The van der Waals surface area contributed by atoms with E-state index in [1.54, 1.807) is 11.1 Å². The lowest BCUT2D eigenvalue weighted by atomic mass is 10.1. The van der Waals surface area contributed by atoms with Crippen LogP contribution < -0.4 is 10.2 Å². The van der Waals surface area contributed by atoms with Crippen molar-refractivity contribution in [3.63, 3.8) is 0 Å². The molecule has 3 aliphatic rings. The van der Waals surface area contributed by atoms with Gasteiger partial charge in [-0.15, -0.1) is 0 Å². The van der Waals surface area contributed by atoms with E-state index in [2.05, 4.69) is 22.9 Å². The number of amides is 1. The lowest BCUT2D eigenvalue weighted by molar-refractivity contribution is -0.0254. The van der Waals surface area contributed by atoms with Gasteiger partial charge < -0.3 is 18.9 Å². The third kappa shape index (κ3) is 2.09. The molecule has 1 aromatic rings. The first-order chi connectivity index (χ1) is 11.1. The predicted molar refractivity (Wildman–Crippen MR) is 86.8 cm³/mol. The van der Waals surface area contributed by atoms with Crippen molar-refractivity contribution in [3.8, 4) is 5.75 Å². The molecule has 1 amide bonds. The van der Waals surface area contributed by atoms with E-state index in [0.717, 1.165) is 25.7 Å². The lowest BCUT2D eigenvalue weighted by Crippen LogP contribution is -2.53. The largest absolute Gasteiger partial charge is 0.487 e. The number of nitrogens with zero attached hydrogens (tertiary/aromatic N) is 2. The van der Waals surface area contributed by atoms with Gasteiger partial charge in [0.1, 0.15) is 0 Å². The number of rotatable bonds is 4. The van der Waals surface area contributed by atoms with Crippen LogP contribution in [0.4, 0.5) is 0 Å². The average molecular weight is 383 g/mol. The molecule has 1 aliphatic carbocycles. The molecule has 23 heavy (non-hydrogen) atoms. The molecule has 0 aromatic carbocycles. The van der Waals surface area contributed by atoms with Gasteiger partial charge >= 0.3 is 0 Å². The lowest BCUT2D eigenvalue weighted by Gasteiger charge is -2.39. The van der Waals surface area contributed by atoms with Crippen molar-refractivity contribution in [2.24, 2.45) is 0 Å². The van der Waals surface area contributed by atoms with Gasteiger partial charge in [0.25, 0.3) is 5.91 Å². The van der Waals surface area contributed by atoms with Crippen molar-refractivity contribution < 1.29 is 14.3 Å². The summed E-state index contributed by atoms with van der Waals surface area (Å²) in [7, 11) is 0. The summed E-state index contributed by atoms with van der Waals surface area (Å²) in [5.74, 6) is 0.00979. The van der Waals surface area contributed by atoms with Crippen LogP contribution >= 0.6 is 15.9 Å². The predicted octanol–water partition coefficient (Wildman–Crippen LogP) is 2.09. The van der Waals surface area contributed by atoms with Gasteiger partial charge in [0.15, 0.2) is 17.7 Å². The molecule has 4 rings (SSSR count). The van der Waals surface area contributed by atoms with Crippen molar-refractivity contribution in [1.29, 1.82) is 0 Å². The molecule has 3 heterocycles. The number of hydrogen-bond acceptors (Lipinski definition) is 4. The molecular weight excluding hydrogens is 364 g/mol. The van der Waals surface area contributed by atoms with Crippen LogP contribution in [0, 0.1) is 0 Å². The normalized spacial score (nSPS) is 23.8. The van der Waals surface area contributed by atoms with Crippen LogP contribution in [0.2, 0.25) is 0 Å². The molecule has 6 nitrogen and oxygen atoms in total. The Bertz CT molecular complexity index is 726. The maximum atomic E-state index is 12.9. The van der Waals surface area contributed by atoms with Crippen molar-refractivity contribution >= 4 is 21.8 Å². The standard InChI is InChI=1S/C16H19BrN2O4/c1-2-3-7-22-13-11-14(21)18-6-8-23-15(18)16(4-5-16)19(11)9-10(17)12(13)20/h9,15H,2-8H2,1H3. The summed E-state index contributed by atoms with van der Waals surface area (Å²) >= 11 is 3.33. The summed E-state index contributed by atoms with van der Waals surface area (Å²) in [5, 5.41) is 0. The highest BCUT2D eigenvalue weighted by molar-refractivity contribution is 9.10. The maximum Gasteiger partial charge on any atom is 0.276 e. The van der Waals surface area contributed by atoms with Crippen molar-refractivity contribution in [1.82, 2.24) is 9.47 Å². The molecule has 0 radical (unpaired) electrons. The van der Waals surface area contributed by atoms with E-state index in [4.69, 9.17) is 9.47 Å². The fourth-order valence-corrected chi connectivity index (χ4v) is 3.94. The summed E-state index contributed by atoms with van der Waals surface area (Å²) < 4.78 is 13.9. The van der Waals surface area contributed by atoms with E-state index >= 15 is 0 Å². The molecule has 1 saturated carbocycles. The van der Waals surface area contributed by atoms with E-state index in [0.29, 0.717) is 29.9 Å². The van der Waals surface area contributed by atoms with Crippen LogP contribution in [-0.4, -0.2) is 41.4 Å². The number of hydrogen-bond donors (Lipinski definition) is 0. The molecule has 1 saturated heterocycles. The fourth-order valence-electron chi connectivity index (χ4n) is 3.56. The van der Waals surface area contributed by atoms with Crippen LogP contribution in [0.25, 0.3) is 0 Å². The van der Waals surface area contributed by atoms with E-state index < -0.39 is 0 Å². The minimum atomic E-state index is -0.255. The second kappa shape index (κ2) is 5.34. The van der Waals surface area contributed by atoms with Crippen LogP contribution in [-0.2, 0) is 10.3 Å². The van der Waals surface area contributed by atoms with E-state index in [1.165, 1.54) is 0 Å². The topological polar surface area (TPSA) is 60.8 Å². The molecule has 124 valence electrons. The number of carbonyl (C=O) groups excluding carboxylic acids is 1. The monoisotopic (exact) mass is 382 g/mol. The molecule has 2 fully saturated rings. The van der Waals surface area contributed by atoms with Crippen molar-refractivity contribution in [2.45, 2.75) is 44.4 Å². The molecule has 7 heteroatoms. The molecule has 0 N–H and O–H groups in total. The van der Waals surface area contributed by atoms with E-state index in [-0.39, 0.29) is 28.9 Å². The summed E-state index contributed by atoms with van der Waals surface area (Å²) in [5.41, 5.74) is -0.109. The zero-order chi connectivity index (χ0) is 16.2. The Morgan fingerprint density at radius 1 is 1.43 bits per heavy atom. The van der Waals surface area contributed by atoms with Crippen LogP contribution in [0.3, 0.4) is 0 Å². The Morgan fingerprint density at radius 3 is 2.91 bits per heavy atom. The number of aromatic nitrogens is 1. The smallest absolute Gasteiger partial charge is 0.276 e. The number of ether oxygens (including phenoxy) is 2. The zero-order valence-electron chi connectivity index (χ0n) is 13.0. The molecule has 1 spiro atoms. The Morgan fingerprint density at radius 2 is 2.22 bits per heavy atom. The number of halogens is 1. The maximum absolute atomic E-state index is 12.9. The fraction of sp³-hybridized carbons (Fsp3) is 0.625. The van der Waals surface area contributed by atoms with Gasteiger partial charge in [0, 0.05) is 12.7 Å². The van der Waals surface area contributed by atoms with Gasteiger partial charge in [-0.2, -0.15) is 0 Å². The van der Waals surface area contributed by atoms with Gasteiger partial charge in [-0.25, -0.2) is 0 Å². The quantitative estimate of drug-likeness (QED) is 0.748. The van der Waals surface area contributed by atoms with Gasteiger partial charge in [-0.3, -0.25) is 9.59 Å². The van der Waals surface area contributed by atoms with E-state index in [1.807, 2.05) is 4.57 Å². The Labute approximate surface area is 142 Å². The summed E-state index contributed by atoms with van der Waals surface area (Å²) in [4.78, 5) is 27.2. The third-order valence-corrected chi connectivity index (χ3v) is 5.49. The summed E-state index contributed by atoms with van der Waals surface area (Å²) in [6, 6.07) is 0. The first kappa shape index (κ1) is 15.2. The van der Waals surface area contributed by atoms with Crippen LogP contribution in [0.15, 0.2) is 15.5 Å². The molecular formula is C16H19BrN2O4. The molecule has 1 aromatic heterocycles. The number of fused-ring (bicyclic) bond motifs is 4. The SMILES string of the molecule is CCCCOc1c2n(cc(Br)c1=O)C1(CC1)C1OCCN1C2=O. The van der Waals surface area contributed by atoms with Gasteiger partial charge in [-0.05, 0) is 35.2 Å². The van der Waals surface area contributed by atoms with E-state index in [9.17, 15) is 9.59 Å². The van der Waals surface area contributed by atoms with Gasteiger partial charge in [0.05, 0.1) is 23.2 Å². The first-order valence-corrected chi connectivity index (χ1v) is 8.90. The highest BCUT2D eigenvalue weighted by atomic mass is 79.9. The Balaban J connectivity index is 1.87. The third-order valence-electron chi connectivity index (χ3n) is 4.92. The summed E-state index contributed by atoms with van der Waals surface area (Å²) in [6.07, 6.45) is 5.21. The zero-order valence-corrected chi connectivity index (χ0v) is 14.6. The van der Waals surface area contributed by atoms with Crippen molar-refractivity contribution in [2.75, 3.05) is 19.8 Å². The molecule has 0 bridgehead atoms. The highest BCUT2D eigenvalue weighted by Crippen LogP contribution is 2.53. The number of unbranched alkanes of at least 4 members (excludes halogenated alkanes) is 1. The second-order valence-corrected chi connectivity index (χ2v) is 7.24. The summed E-state index contributed by atoms with van der Waals surface area (Å²) in [6.45, 7) is 3.62. The van der Waals surface area contributed by atoms with Gasteiger partial charge in [-0.1, -0.05) is 13.3 Å². The average Bonchev–Trinajstić information content (AvgIpc) is 3.17. The van der Waals surface area contributed by atoms with Crippen molar-refractivity contribution in [3.05, 3.63) is 26.6 Å². The minimum absolute atomic E-state index is 0.166. The minimum Gasteiger partial charge on any atom is -0.487 e. The molecule has 2 aliphatic heterocycles. The second-order valence-electron chi connectivity index (χ2n) is 6.38. The number of carbonyl (C=O) groups is 1. The molecule has 1 atom stereocenters. The van der Waals surface area contributed by atoms with Crippen LogP contribution in [0.1, 0.15) is 43.1 Å². The first-order valence-electron chi connectivity index (χ1n) is 8.11. The van der Waals surface area contributed by atoms with Crippen LogP contribution in [0.5, 0.6) is 5.75 Å². The Kier molecular flexibility index (Phi) is 3.53. The Hall–Kier alpha value is -1.34. The molecule has 1 unspecified atom stereocenters. The number of pyridine rings is 1. The van der Waals surface area contributed by atoms with Gasteiger partial charge in [0.2, 0.25) is 5.43 Å².